The van der Waals surface area contributed by atoms with Gasteiger partial charge in [-0.2, -0.15) is 0 Å². The van der Waals surface area contributed by atoms with E-state index in [-0.39, 0.29) is 6.29 Å². The van der Waals surface area contributed by atoms with Crippen LogP contribution in [0.15, 0.2) is 97.1 Å². The number of hydrogen-bond acceptors (Lipinski definition) is 2. The number of ether oxygens (including phenoxy) is 2. The molecule has 0 aliphatic carbocycles. The molecule has 0 amide bonds. The van der Waals surface area contributed by atoms with E-state index in [1.807, 2.05) is 0 Å². The van der Waals surface area contributed by atoms with Gasteiger partial charge in [0.15, 0.2) is 33.2 Å². The van der Waals surface area contributed by atoms with Crippen LogP contribution >= 0.6 is 26.9 Å². The first-order chi connectivity index (χ1) is 26.2. The van der Waals surface area contributed by atoms with Crippen LogP contribution < -0.4 is 15.9 Å². The van der Waals surface area contributed by atoms with Crippen molar-refractivity contribution >= 4 is 42.9 Å². The number of halogens is 1. The first kappa shape index (κ1) is 45.9. The van der Waals surface area contributed by atoms with Crippen LogP contribution in [-0.4, -0.2) is 19.5 Å². The molecule has 0 spiro atoms. The Hall–Kier alpha value is -1.52. The quantitative estimate of drug-likeness (QED) is 0.0200. The predicted octanol–water partition coefficient (Wildman–Crippen LogP) is 14.8. The van der Waals surface area contributed by atoms with E-state index in [0.29, 0.717) is 0 Å². The van der Waals surface area contributed by atoms with Gasteiger partial charge < -0.3 is 9.47 Å². The van der Waals surface area contributed by atoms with E-state index in [0.717, 1.165) is 32.5 Å². The molecule has 3 rings (SSSR count). The van der Waals surface area contributed by atoms with E-state index >= 15 is 0 Å². The van der Waals surface area contributed by atoms with Crippen molar-refractivity contribution < 1.29 is 9.47 Å². The molecule has 0 unspecified atom stereocenters. The van der Waals surface area contributed by atoms with Gasteiger partial charge in [-0.05, 0) is 99.7 Å². The van der Waals surface area contributed by atoms with Crippen LogP contribution in [0.3, 0.4) is 0 Å². The van der Waals surface area contributed by atoms with Gasteiger partial charge in [-0.3, -0.25) is 0 Å². The first-order valence-electron chi connectivity index (χ1n) is 21.9. The minimum Gasteiger partial charge on any atom is -0.353 e. The van der Waals surface area contributed by atoms with E-state index in [4.69, 9.17) is 9.47 Å². The van der Waals surface area contributed by atoms with Crippen molar-refractivity contribution in [3.63, 3.8) is 0 Å². The summed E-state index contributed by atoms with van der Waals surface area (Å²) in [6.45, 7) is 6.29. The Morgan fingerprint density at radius 3 is 1.38 bits per heavy atom. The zero-order valence-electron chi connectivity index (χ0n) is 33.8. The molecule has 0 aromatic heterocycles. The maximum Gasteiger partial charge on any atom is 0.173 e. The van der Waals surface area contributed by atoms with Crippen LogP contribution in [0.25, 0.3) is 0 Å². The summed E-state index contributed by atoms with van der Waals surface area (Å²) in [6, 6.07) is 31.6. The van der Waals surface area contributed by atoms with E-state index < -0.39 is 4.90 Å². The summed E-state index contributed by atoms with van der Waals surface area (Å²) in [5.74, 6) is 0. The summed E-state index contributed by atoms with van der Waals surface area (Å²) in [5.41, 5.74) is 1.44. The largest absolute Gasteiger partial charge is 0.353 e. The van der Waals surface area contributed by atoms with E-state index in [9.17, 15) is 0 Å². The lowest BCUT2D eigenvalue weighted by Gasteiger charge is -2.20. The highest BCUT2D eigenvalue weighted by molar-refractivity contribution is 14.2. The Bertz CT molecular complexity index is 1220. The monoisotopic (exact) mass is 853 g/mol. The van der Waals surface area contributed by atoms with Gasteiger partial charge in [0.05, 0.1) is 0 Å². The molecule has 0 radical (unpaired) electrons. The number of aryl methyl sites for hydroxylation is 1. The maximum absolute atomic E-state index is 6.30. The summed E-state index contributed by atoms with van der Waals surface area (Å²) in [5, 5.41) is 4.29. The van der Waals surface area contributed by atoms with Crippen LogP contribution in [0.2, 0.25) is 0 Å². The van der Waals surface area contributed by atoms with Gasteiger partial charge in [-0.15, -0.1) is 0 Å². The van der Waals surface area contributed by atoms with Gasteiger partial charge in [0.1, 0.15) is 15.9 Å². The van der Waals surface area contributed by atoms with Gasteiger partial charge >= 0.3 is 0 Å². The van der Waals surface area contributed by atoms with Crippen molar-refractivity contribution in [1.29, 1.82) is 0 Å². The third kappa shape index (κ3) is 19.8. The van der Waals surface area contributed by atoms with Crippen molar-refractivity contribution in [2.75, 3.05) is 13.2 Å². The minimum atomic E-state index is -1.69. The lowest BCUT2D eigenvalue weighted by Crippen LogP contribution is -2.26. The SMILES string of the molecule is CCCCCCCCCCOC(CCCCC/C=C\CCCc1ccc([P+](I)(c2ccccc2)c2ccccc2)cc1)OCCCCCCCCCC. The van der Waals surface area contributed by atoms with E-state index in [1.165, 1.54) is 156 Å². The Balaban J connectivity index is 1.30. The molecule has 0 saturated carbocycles. The number of hydrogen-bond donors (Lipinski definition) is 0. The molecule has 0 atom stereocenters. The molecule has 0 aliphatic heterocycles. The Kier molecular flexibility index (Phi) is 26.5. The van der Waals surface area contributed by atoms with Crippen LogP contribution in [-0.2, 0) is 15.9 Å². The molecule has 0 fully saturated rings. The Morgan fingerprint density at radius 1 is 0.472 bits per heavy atom. The average Bonchev–Trinajstić information content (AvgIpc) is 3.20. The van der Waals surface area contributed by atoms with Crippen molar-refractivity contribution in [1.82, 2.24) is 0 Å². The molecule has 2 nitrogen and oxygen atoms in total. The zero-order chi connectivity index (χ0) is 37.5. The Morgan fingerprint density at radius 2 is 0.887 bits per heavy atom. The van der Waals surface area contributed by atoms with Gasteiger partial charge in [0.2, 0.25) is 0 Å². The highest BCUT2D eigenvalue weighted by Crippen LogP contribution is 2.63. The molecule has 3 aromatic carbocycles. The minimum absolute atomic E-state index is 0.0134. The number of benzene rings is 3. The molecule has 0 aliphatic rings. The van der Waals surface area contributed by atoms with Crippen LogP contribution in [0.4, 0.5) is 0 Å². The fourth-order valence-electron chi connectivity index (χ4n) is 7.11. The van der Waals surface area contributed by atoms with Gasteiger partial charge in [0.25, 0.3) is 0 Å². The summed E-state index contributed by atoms with van der Waals surface area (Å²) in [7, 11) is 0. The lowest BCUT2D eigenvalue weighted by molar-refractivity contribution is -0.148. The van der Waals surface area contributed by atoms with E-state index in [2.05, 4.69) is 133 Å². The van der Waals surface area contributed by atoms with Gasteiger partial charge in [-0.1, -0.05) is 171 Å². The highest BCUT2D eigenvalue weighted by atomic mass is 127. The molecule has 3 aromatic rings. The van der Waals surface area contributed by atoms with Crippen molar-refractivity contribution in [3.05, 3.63) is 103 Å². The second-order valence-corrected chi connectivity index (χ2v) is 22.1. The molecular weight excluding hydrogens is 778 g/mol. The van der Waals surface area contributed by atoms with Crippen LogP contribution in [0, 0.1) is 0 Å². The molecule has 0 saturated heterocycles. The summed E-state index contributed by atoms with van der Waals surface area (Å²) in [4.78, 5) is -1.69. The predicted molar refractivity (Wildman–Crippen MR) is 245 cm³/mol. The first-order valence-corrected chi connectivity index (χ1v) is 26.4. The van der Waals surface area contributed by atoms with Gasteiger partial charge in [0, 0.05) is 13.2 Å². The van der Waals surface area contributed by atoms with Crippen molar-refractivity contribution in [2.24, 2.45) is 0 Å². The topological polar surface area (TPSA) is 18.5 Å². The smallest absolute Gasteiger partial charge is 0.173 e. The fourth-order valence-corrected chi connectivity index (χ4v) is 12.6. The average molecular weight is 854 g/mol. The molecule has 4 heteroatoms. The number of unbranched alkanes of at least 4 members (excludes halogenated alkanes) is 18. The molecular formula is C49H75IO2P+. The lowest BCUT2D eigenvalue weighted by atomic mass is 10.1. The second kappa shape index (κ2) is 30.7. The maximum atomic E-state index is 6.30. The summed E-state index contributed by atoms with van der Waals surface area (Å²) >= 11 is 2.76. The van der Waals surface area contributed by atoms with Crippen molar-refractivity contribution in [2.45, 2.75) is 174 Å². The molecule has 53 heavy (non-hydrogen) atoms. The standard InChI is InChI=1S/C49H75IO2P/c1-3-5-7-9-11-17-21-31-43-51-49(52-44-32-22-18-12-10-8-6-4-2)38-30-20-16-14-13-15-19-25-33-45-39-41-48(42-40-45)53(50,46-34-26-23-27-35-46)47-36-28-24-29-37-47/h13,15,23-24,26-29,34-37,39-42,49H,3-12,14,16-22,25,30-33,38,43-44H2,1-2H3/q+1/b15-13-. The second-order valence-electron chi connectivity index (χ2n) is 15.0. The molecule has 0 heterocycles. The summed E-state index contributed by atoms with van der Waals surface area (Å²) in [6.07, 6.45) is 35.6. The Labute approximate surface area is 340 Å². The molecule has 0 bridgehead atoms. The zero-order valence-corrected chi connectivity index (χ0v) is 36.9. The third-order valence-electron chi connectivity index (χ3n) is 10.4. The number of allylic oxidation sites excluding steroid dienone is 2. The molecule has 294 valence electrons. The van der Waals surface area contributed by atoms with Gasteiger partial charge in [-0.25, -0.2) is 0 Å². The van der Waals surface area contributed by atoms with Crippen LogP contribution in [0.5, 0.6) is 0 Å². The third-order valence-corrected chi connectivity index (χ3v) is 18.5. The van der Waals surface area contributed by atoms with Crippen LogP contribution in [0.1, 0.15) is 167 Å². The van der Waals surface area contributed by atoms with Crippen molar-refractivity contribution in [3.8, 4) is 0 Å². The fraction of sp³-hybridized carbons (Fsp3) is 0.592. The molecule has 0 N–H and O–H groups in total. The van der Waals surface area contributed by atoms with E-state index in [1.54, 1.807) is 0 Å². The normalized spacial score (nSPS) is 12.0. The number of rotatable bonds is 33. The summed E-state index contributed by atoms with van der Waals surface area (Å²) < 4.78 is 12.6. The highest BCUT2D eigenvalue weighted by Gasteiger charge is 2.43.